The number of carbonyl (C=O) groups is 1. The van der Waals surface area contributed by atoms with Gasteiger partial charge in [0, 0.05) is 16.8 Å². The second-order valence-corrected chi connectivity index (χ2v) is 6.09. The smallest absolute Gasteiger partial charge is 0.223 e. The molecule has 2 aromatic rings. The van der Waals surface area contributed by atoms with E-state index >= 15 is 0 Å². The van der Waals surface area contributed by atoms with Crippen LogP contribution in [0.25, 0.3) is 0 Å². The van der Waals surface area contributed by atoms with Crippen molar-refractivity contribution in [1.82, 2.24) is 15.5 Å². The summed E-state index contributed by atoms with van der Waals surface area (Å²) in [5.74, 6) is -0.139. The summed E-state index contributed by atoms with van der Waals surface area (Å²) in [4.78, 5) is 12.1. The van der Waals surface area contributed by atoms with E-state index in [-0.39, 0.29) is 18.4 Å². The first kappa shape index (κ1) is 15.1. The molecule has 0 bridgehead atoms. The van der Waals surface area contributed by atoms with Crippen molar-refractivity contribution in [3.63, 3.8) is 0 Å². The summed E-state index contributed by atoms with van der Waals surface area (Å²) in [6, 6.07) is 6.99. The first-order valence-corrected chi connectivity index (χ1v) is 7.73. The molecule has 0 spiro atoms. The van der Waals surface area contributed by atoms with Crippen molar-refractivity contribution in [2.45, 2.75) is 37.8 Å². The largest absolute Gasteiger partial charge is 0.388 e. The Kier molecular flexibility index (Phi) is 4.45. The van der Waals surface area contributed by atoms with Crippen molar-refractivity contribution >= 4 is 17.5 Å². The summed E-state index contributed by atoms with van der Waals surface area (Å²) in [6.07, 6.45) is 3.62. The number of nitrogens with one attached hydrogen (secondary N) is 2. The minimum Gasteiger partial charge on any atom is -0.388 e. The van der Waals surface area contributed by atoms with Crippen LogP contribution in [0.15, 0.2) is 30.5 Å². The van der Waals surface area contributed by atoms with Crippen LogP contribution in [0.3, 0.4) is 0 Å². The number of aliphatic hydroxyl groups is 1. The molecule has 0 radical (unpaired) electrons. The zero-order chi connectivity index (χ0) is 15.5. The number of aromatic amines is 1. The minimum absolute atomic E-state index is 0.0520. The van der Waals surface area contributed by atoms with Gasteiger partial charge in [-0.15, -0.1) is 0 Å². The van der Waals surface area contributed by atoms with Gasteiger partial charge < -0.3 is 10.4 Å². The van der Waals surface area contributed by atoms with Gasteiger partial charge in [-0.2, -0.15) is 5.10 Å². The summed E-state index contributed by atoms with van der Waals surface area (Å²) in [5, 5.41) is 20.7. The van der Waals surface area contributed by atoms with Crippen molar-refractivity contribution < 1.29 is 9.90 Å². The number of halogens is 1. The topological polar surface area (TPSA) is 78.0 Å². The number of H-pyrrole nitrogens is 1. The molecule has 0 saturated heterocycles. The zero-order valence-electron chi connectivity index (χ0n) is 12.1. The molecule has 2 atom stereocenters. The number of fused-ring (bicyclic) bond motifs is 1. The quantitative estimate of drug-likeness (QED) is 0.808. The third-order valence-corrected chi connectivity index (χ3v) is 4.27. The standard InChI is InChI=1S/C16H18ClN3O2/c17-12-3-1-10(2-4-12)15(21)8-16(22)19-13-5-6-14-11(7-13)9-18-20-14/h1-4,9,13,15,21H,5-8H2,(H,18,20)(H,19,22). The molecule has 1 aliphatic rings. The van der Waals surface area contributed by atoms with Crippen LogP contribution in [0.1, 0.15) is 35.8 Å². The average Bonchev–Trinajstić information content (AvgIpc) is 2.95. The molecule has 1 aromatic carbocycles. The van der Waals surface area contributed by atoms with Gasteiger partial charge in [0.25, 0.3) is 0 Å². The lowest BCUT2D eigenvalue weighted by atomic mass is 9.93. The van der Waals surface area contributed by atoms with Crippen molar-refractivity contribution in [2.75, 3.05) is 0 Å². The fraction of sp³-hybridized carbons (Fsp3) is 0.375. The normalized spacial score (nSPS) is 18.5. The van der Waals surface area contributed by atoms with Gasteiger partial charge in [-0.1, -0.05) is 23.7 Å². The second kappa shape index (κ2) is 6.50. The van der Waals surface area contributed by atoms with Crippen LogP contribution in [0.5, 0.6) is 0 Å². The lowest BCUT2D eigenvalue weighted by Gasteiger charge is -2.23. The Morgan fingerprint density at radius 3 is 3.00 bits per heavy atom. The van der Waals surface area contributed by atoms with Crippen molar-refractivity contribution in [3.8, 4) is 0 Å². The highest BCUT2D eigenvalue weighted by molar-refractivity contribution is 6.30. The number of hydrogen-bond acceptors (Lipinski definition) is 3. The number of carbonyl (C=O) groups excluding carboxylic acids is 1. The number of rotatable bonds is 4. The molecule has 2 unspecified atom stereocenters. The van der Waals surface area contributed by atoms with Gasteiger partial charge >= 0.3 is 0 Å². The average molecular weight is 320 g/mol. The molecule has 6 heteroatoms. The van der Waals surface area contributed by atoms with E-state index in [2.05, 4.69) is 15.5 Å². The zero-order valence-corrected chi connectivity index (χ0v) is 12.8. The van der Waals surface area contributed by atoms with Crippen molar-refractivity contribution in [3.05, 3.63) is 52.3 Å². The van der Waals surface area contributed by atoms with Crippen LogP contribution in [0.2, 0.25) is 5.02 Å². The molecular weight excluding hydrogens is 302 g/mol. The second-order valence-electron chi connectivity index (χ2n) is 5.65. The Labute approximate surface area is 133 Å². The highest BCUT2D eigenvalue weighted by atomic mass is 35.5. The van der Waals surface area contributed by atoms with Gasteiger partial charge in [0.05, 0.1) is 18.7 Å². The molecule has 116 valence electrons. The minimum atomic E-state index is -0.814. The molecule has 3 rings (SSSR count). The number of amides is 1. The van der Waals surface area contributed by atoms with E-state index in [1.807, 2.05) is 6.20 Å². The maximum atomic E-state index is 12.1. The van der Waals surface area contributed by atoms with Gasteiger partial charge in [0.2, 0.25) is 5.91 Å². The van der Waals surface area contributed by atoms with Crippen LogP contribution in [-0.2, 0) is 17.6 Å². The predicted molar refractivity (Wildman–Crippen MR) is 83.6 cm³/mol. The Morgan fingerprint density at radius 2 is 2.23 bits per heavy atom. The van der Waals surface area contributed by atoms with E-state index < -0.39 is 6.10 Å². The molecule has 0 fully saturated rings. The number of aliphatic hydroxyl groups excluding tert-OH is 1. The molecule has 0 aliphatic heterocycles. The van der Waals surface area contributed by atoms with Gasteiger partial charge in [0.15, 0.2) is 0 Å². The first-order valence-electron chi connectivity index (χ1n) is 7.36. The van der Waals surface area contributed by atoms with Crippen LogP contribution in [0.4, 0.5) is 0 Å². The Balaban J connectivity index is 1.53. The number of aromatic nitrogens is 2. The molecule has 1 heterocycles. The number of benzene rings is 1. The lowest BCUT2D eigenvalue weighted by molar-refractivity contribution is -0.123. The highest BCUT2D eigenvalue weighted by Crippen LogP contribution is 2.21. The van der Waals surface area contributed by atoms with Gasteiger partial charge in [-0.3, -0.25) is 9.89 Å². The molecule has 1 aromatic heterocycles. The molecule has 0 saturated carbocycles. The van der Waals surface area contributed by atoms with Crippen LogP contribution in [-0.4, -0.2) is 27.3 Å². The molecular formula is C16H18ClN3O2. The van der Waals surface area contributed by atoms with Crippen LogP contribution >= 0.6 is 11.6 Å². The van der Waals surface area contributed by atoms with E-state index in [9.17, 15) is 9.90 Å². The Bertz CT molecular complexity index is 654. The lowest BCUT2D eigenvalue weighted by Crippen LogP contribution is -2.39. The SMILES string of the molecule is O=C(CC(O)c1ccc(Cl)cc1)NC1CCc2[nH]ncc2C1. The Morgan fingerprint density at radius 1 is 1.45 bits per heavy atom. The summed E-state index contributed by atoms with van der Waals surface area (Å²) in [5.41, 5.74) is 3.02. The summed E-state index contributed by atoms with van der Waals surface area (Å²) in [6.45, 7) is 0. The number of aryl methyl sites for hydroxylation is 1. The number of nitrogens with zero attached hydrogens (tertiary/aromatic N) is 1. The molecule has 3 N–H and O–H groups in total. The molecule has 1 aliphatic carbocycles. The van der Waals surface area contributed by atoms with E-state index in [0.717, 1.165) is 30.5 Å². The monoisotopic (exact) mass is 319 g/mol. The molecule has 5 nitrogen and oxygen atoms in total. The summed E-state index contributed by atoms with van der Waals surface area (Å²) < 4.78 is 0. The fourth-order valence-electron chi connectivity index (χ4n) is 2.80. The summed E-state index contributed by atoms with van der Waals surface area (Å²) >= 11 is 5.81. The highest BCUT2D eigenvalue weighted by Gasteiger charge is 2.22. The van der Waals surface area contributed by atoms with E-state index in [4.69, 9.17) is 11.6 Å². The maximum Gasteiger partial charge on any atom is 0.223 e. The number of hydrogen-bond donors (Lipinski definition) is 3. The predicted octanol–water partition coefficient (Wildman–Crippen LogP) is 2.16. The molecule has 1 amide bonds. The first-order chi connectivity index (χ1) is 10.6. The van der Waals surface area contributed by atoms with Gasteiger partial charge in [-0.05, 0) is 42.5 Å². The third-order valence-electron chi connectivity index (χ3n) is 4.02. The van der Waals surface area contributed by atoms with E-state index in [1.54, 1.807) is 24.3 Å². The molecule has 22 heavy (non-hydrogen) atoms. The van der Waals surface area contributed by atoms with Crippen LogP contribution in [0, 0.1) is 0 Å². The van der Waals surface area contributed by atoms with Crippen molar-refractivity contribution in [2.24, 2.45) is 0 Å². The van der Waals surface area contributed by atoms with E-state index in [1.165, 1.54) is 0 Å². The van der Waals surface area contributed by atoms with Gasteiger partial charge in [-0.25, -0.2) is 0 Å². The maximum absolute atomic E-state index is 12.1. The van der Waals surface area contributed by atoms with Gasteiger partial charge in [0.1, 0.15) is 0 Å². The van der Waals surface area contributed by atoms with Crippen molar-refractivity contribution in [1.29, 1.82) is 0 Å². The fourth-order valence-corrected chi connectivity index (χ4v) is 2.93. The summed E-state index contributed by atoms with van der Waals surface area (Å²) in [7, 11) is 0. The Hall–Kier alpha value is -1.85. The third kappa shape index (κ3) is 3.48. The van der Waals surface area contributed by atoms with E-state index in [0.29, 0.717) is 10.6 Å². The van der Waals surface area contributed by atoms with Crippen LogP contribution < -0.4 is 5.32 Å².